The Morgan fingerprint density at radius 2 is 1.48 bits per heavy atom. The lowest BCUT2D eigenvalue weighted by molar-refractivity contribution is -0.105. The van der Waals surface area contributed by atoms with Gasteiger partial charge < -0.3 is 19.3 Å². The number of carbonyl (C=O) groups is 2. The highest BCUT2D eigenvalue weighted by Gasteiger charge is 2.15. The molecule has 0 spiro atoms. The Labute approximate surface area is 213 Å². The molecule has 1 unspecified atom stereocenters. The molecule has 1 saturated heterocycles. The third kappa shape index (κ3) is 11.9. The number of hydrogen-bond donors (Lipinski definition) is 1. The molecular formula is C26H33IO6. The molecule has 4 rings (SSSR count). The predicted molar refractivity (Wildman–Crippen MR) is 139 cm³/mol. The molecular weight excluding hydrogens is 535 g/mol. The monoisotopic (exact) mass is 568 g/mol. The van der Waals surface area contributed by atoms with Gasteiger partial charge in [-0.15, -0.1) is 24.0 Å². The van der Waals surface area contributed by atoms with Gasteiger partial charge in [0, 0.05) is 17.5 Å². The number of Topliss-reactive ketones (excluding diaryl/α,β-unsaturated/α-hetero) is 2. The lowest BCUT2D eigenvalue weighted by Crippen LogP contribution is -2.24. The van der Waals surface area contributed by atoms with E-state index in [1.165, 1.54) is 31.9 Å². The SMILES string of the molecule is C1=COCCC1.CC(=O)c1ccc(O)cc1.CC(=O)c1ccc(OC2CCCCO2)cc1.I. The van der Waals surface area contributed by atoms with Gasteiger partial charge in [0.15, 0.2) is 17.9 Å². The normalized spacial score (nSPS) is 16.4. The maximum atomic E-state index is 11.1. The van der Waals surface area contributed by atoms with E-state index < -0.39 is 0 Å². The summed E-state index contributed by atoms with van der Waals surface area (Å²) in [4.78, 5) is 21.8. The summed E-state index contributed by atoms with van der Waals surface area (Å²) < 4.78 is 16.0. The van der Waals surface area contributed by atoms with Gasteiger partial charge in [-0.25, -0.2) is 0 Å². The zero-order valence-electron chi connectivity index (χ0n) is 19.2. The van der Waals surface area contributed by atoms with Gasteiger partial charge in [-0.05, 0) is 94.1 Å². The number of rotatable bonds is 4. The minimum Gasteiger partial charge on any atom is -0.508 e. The van der Waals surface area contributed by atoms with Crippen molar-refractivity contribution in [1.82, 2.24) is 0 Å². The standard InChI is InChI=1S/C13H16O3.C8H8O2.C5H8O.HI/c1-10(14)11-5-7-12(8-6-11)16-13-4-2-3-9-15-13;1-6(9)7-2-4-8(10)5-3-7;1-2-4-6-5-3-1;/h5-8,13H,2-4,9H2,1H3;2-5,10H,1H3;2,4H,1,3,5H2;1H. The van der Waals surface area contributed by atoms with Crippen LogP contribution in [-0.4, -0.2) is 36.2 Å². The Bertz CT molecular complexity index is 847. The van der Waals surface area contributed by atoms with Crippen LogP contribution in [0.25, 0.3) is 0 Å². The Morgan fingerprint density at radius 1 is 0.879 bits per heavy atom. The van der Waals surface area contributed by atoms with Crippen molar-refractivity contribution < 1.29 is 28.9 Å². The van der Waals surface area contributed by atoms with E-state index in [9.17, 15) is 9.59 Å². The van der Waals surface area contributed by atoms with Crippen molar-refractivity contribution in [3.05, 3.63) is 72.0 Å². The maximum absolute atomic E-state index is 11.1. The maximum Gasteiger partial charge on any atom is 0.199 e. The van der Waals surface area contributed by atoms with E-state index in [0.29, 0.717) is 11.1 Å². The third-order valence-electron chi connectivity index (χ3n) is 4.77. The molecule has 7 heteroatoms. The minimum absolute atomic E-state index is 0. The fraction of sp³-hybridized carbons (Fsp3) is 0.385. The van der Waals surface area contributed by atoms with E-state index in [-0.39, 0.29) is 47.6 Å². The molecule has 0 amide bonds. The lowest BCUT2D eigenvalue weighted by atomic mass is 10.1. The molecule has 1 fully saturated rings. The van der Waals surface area contributed by atoms with E-state index >= 15 is 0 Å². The number of aromatic hydroxyl groups is 1. The van der Waals surface area contributed by atoms with E-state index in [2.05, 4.69) is 0 Å². The van der Waals surface area contributed by atoms with Crippen molar-refractivity contribution in [2.45, 2.75) is 52.2 Å². The molecule has 33 heavy (non-hydrogen) atoms. The highest BCUT2D eigenvalue weighted by atomic mass is 127. The minimum atomic E-state index is -0.128. The predicted octanol–water partition coefficient (Wildman–Crippen LogP) is 6.32. The summed E-state index contributed by atoms with van der Waals surface area (Å²) in [6.45, 7) is 4.74. The number of hydrogen-bond acceptors (Lipinski definition) is 6. The highest BCUT2D eigenvalue weighted by molar-refractivity contribution is 14.0. The highest BCUT2D eigenvalue weighted by Crippen LogP contribution is 2.19. The van der Waals surface area contributed by atoms with Crippen LogP contribution in [0.15, 0.2) is 60.9 Å². The first-order chi connectivity index (χ1) is 15.5. The number of phenolic OH excluding ortho intramolecular Hbond substituents is 1. The van der Waals surface area contributed by atoms with Crippen molar-refractivity contribution in [2.75, 3.05) is 13.2 Å². The first kappa shape index (κ1) is 28.6. The van der Waals surface area contributed by atoms with Crippen molar-refractivity contribution in [3.8, 4) is 11.5 Å². The van der Waals surface area contributed by atoms with Crippen LogP contribution in [0.1, 0.15) is 66.7 Å². The van der Waals surface area contributed by atoms with E-state index in [4.69, 9.17) is 19.3 Å². The van der Waals surface area contributed by atoms with E-state index in [0.717, 1.165) is 38.2 Å². The first-order valence-electron chi connectivity index (χ1n) is 10.9. The molecule has 0 aliphatic carbocycles. The fourth-order valence-electron chi connectivity index (χ4n) is 2.91. The Morgan fingerprint density at radius 3 is 1.88 bits per heavy atom. The molecule has 2 aliphatic heterocycles. The van der Waals surface area contributed by atoms with Crippen molar-refractivity contribution in [3.63, 3.8) is 0 Å². The van der Waals surface area contributed by atoms with Gasteiger partial charge in [0.25, 0.3) is 0 Å². The summed E-state index contributed by atoms with van der Waals surface area (Å²) in [5, 5.41) is 8.83. The quantitative estimate of drug-likeness (QED) is 0.344. The molecule has 1 atom stereocenters. The van der Waals surface area contributed by atoms with Crippen molar-refractivity contribution in [1.29, 1.82) is 0 Å². The largest absolute Gasteiger partial charge is 0.508 e. The molecule has 2 aromatic rings. The third-order valence-corrected chi connectivity index (χ3v) is 4.77. The number of ketones is 2. The van der Waals surface area contributed by atoms with Gasteiger partial charge in [-0.2, -0.15) is 0 Å². The Kier molecular flexibility index (Phi) is 14.1. The van der Waals surface area contributed by atoms with Crippen LogP contribution in [-0.2, 0) is 9.47 Å². The summed E-state index contributed by atoms with van der Waals surface area (Å²) in [6, 6.07) is 13.4. The van der Waals surface area contributed by atoms with Crippen LogP contribution in [0, 0.1) is 0 Å². The molecule has 6 nitrogen and oxygen atoms in total. The van der Waals surface area contributed by atoms with Gasteiger partial charge in [0.2, 0.25) is 0 Å². The molecule has 2 heterocycles. The van der Waals surface area contributed by atoms with Crippen LogP contribution in [0.4, 0.5) is 0 Å². The molecule has 0 aromatic heterocycles. The zero-order chi connectivity index (χ0) is 23.2. The van der Waals surface area contributed by atoms with Crippen LogP contribution in [0.5, 0.6) is 11.5 Å². The Balaban J connectivity index is 0.000000273. The van der Waals surface area contributed by atoms with Crippen LogP contribution in [0.2, 0.25) is 0 Å². The van der Waals surface area contributed by atoms with Crippen LogP contribution < -0.4 is 4.74 Å². The van der Waals surface area contributed by atoms with Gasteiger partial charge in [0.1, 0.15) is 11.5 Å². The van der Waals surface area contributed by atoms with Crippen molar-refractivity contribution in [2.24, 2.45) is 0 Å². The second-order valence-corrected chi connectivity index (χ2v) is 7.48. The van der Waals surface area contributed by atoms with E-state index in [1.54, 1.807) is 37.5 Å². The van der Waals surface area contributed by atoms with Gasteiger partial charge in [-0.1, -0.05) is 0 Å². The molecule has 180 valence electrons. The summed E-state index contributed by atoms with van der Waals surface area (Å²) in [5.74, 6) is 1.03. The molecule has 1 N–H and O–H groups in total. The second-order valence-electron chi connectivity index (χ2n) is 7.48. The molecule has 0 radical (unpaired) electrons. The summed E-state index contributed by atoms with van der Waals surface area (Å²) in [5.41, 5.74) is 1.33. The lowest BCUT2D eigenvalue weighted by Gasteiger charge is -2.23. The van der Waals surface area contributed by atoms with Crippen LogP contribution >= 0.6 is 24.0 Å². The summed E-state index contributed by atoms with van der Waals surface area (Å²) in [6.07, 6.45) is 9.27. The molecule has 0 saturated carbocycles. The van der Waals surface area contributed by atoms with Crippen LogP contribution in [0.3, 0.4) is 0 Å². The first-order valence-corrected chi connectivity index (χ1v) is 10.9. The molecule has 2 aromatic carbocycles. The second kappa shape index (κ2) is 16.3. The number of carbonyl (C=O) groups excluding carboxylic acids is 2. The Hall–Kier alpha value is -2.39. The number of halogens is 1. The number of allylic oxidation sites excluding steroid dienone is 1. The fourth-order valence-corrected chi connectivity index (χ4v) is 2.91. The molecule has 2 aliphatic rings. The summed E-state index contributed by atoms with van der Waals surface area (Å²) >= 11 is 0. The topological polar surface area (TPSA) is 82.1 Å². The average molecular weight is 568 g/mol. The van der Waals surface area contributed by atoms with E-state index in [1.807, 2.05) is 18.2 Å². The number of benzene rings is 2. The van der Waals surface area contributed by atoms with Gasteiger partial charge >= 0.3 is 0 Å². The van der Waals surface area contributed by atoms with Gasteiger partial charge in [-0.3, -0.25) is 9.59 Å². The summed E-state index contributed by atoms with van der Waals surface area (Å²) in [7, 11) is 0. The number of ether oxygens (including phenoxy) is 3. The smallest absolute Gasteiger partial charge is 0.199 e. The number of phenols is 1. The average Bonchev–Trinajstić information content (AvgIpc) is 2.82. The zero-order valence-corrected chi connectivity index (χ0v) is 21.5. The van der Waals surface area contributed by atoms with Gasteiger partial charge in [0.05, 0.1) is 19.5 Å². The molecule has 0 bridgehead atoms. The van der Waals surface area contributed by atoms with Crippen molar-refractivity contribution >= 4 is 35.5 Å².